The molecule has 0 unspecified atom stereocenters. The number of guanidine groups is 1. The van der Waals surface area contributed by atoms with E-state index in [9.17, 15) is 8.78 Å². The number of hydrogen-bond donors (Lipinski definition) is 2. The van der Waals surface area contributed by atoms with Crippen LogP contribution < -0.4 is 10.6 Å². The van der Waals surface area contributed by atoms with Crippen molar-refractivity contribution in [1.82, 2.24) is 20.4 Å². The largest absolute Gasteiger partial charge is 0.356 e. The molecule has 0 saturated heterocycles. The van der Waals surface area contributed by atoms with Gasteiger partial charge in [-0.1, -0.05) is 0 Å². The molecule has 0 aliphatic carbocycles. The Morgan fingerprint density at radius 3 is 2.62 bits per heavy atom. The Kier molecular flexibility index (Phi) is 5.89. The van der Waals surface area contributed by atoms with Crippen molar-refractivity contribution in [3.8, 4) is 0 Å². The van der Waals surface area contributed by atoms with Crippen LogP contribution in [0.4, 0.5) is 8.78 Å². The summed E-state index contributed by atoms with van der Waals surface area (Å²) >= 11 is 0. The molecule has 2 aromatic rings. The van der Waals surface area contributed by atoms with E-state index in [4.69, 9.17) is 0 Å². The van der Waals surface area contributed by atoms with Crippen LogP contribution >= 0.6 is 0 Å². The van der Waals surface area contributed by atoms with Gasteiger partial charge in [-0.2, -0.15) is 5.10 Å². The normalized spacial score (nSPS) is 11.7. The second-order valence-corrected chi connectivity index (χ2v) is 5.61. The fraction of sp³-hybridized carbons (Fsp3) is 0.412. The minimum absolute atomic E-state index is 0.344. The first-order chi connectivity index (χ1) is 11.4. The third kappa shape index (κ3) is 4.31. The topological polar surface area (TPSA) is 54.2 Å². The van der Waals surface area contributed by atoms with Crippen molar-refractivity contribution in [3.05, 3.63) is 52.3 Å². The van der Waals surface area contributed by atoms with Crippen molar-refractivity contribution in [2.24, 2.45) is 12.0 Å². The van der Waals surface area contributed by atoms with Gasteiger partial charge in [-0.25, -0.2) is 8.78 Å². The Morgan fingerprint density at radius 2 is 2.00 bits per heavy atom. The van der Waals surface area contributed by atoms with E-state index in [1.807, 2.05) is 25.6 Å². The van der Waals surface area contributed by atoms with E-state index in [0.29, 0.717) is 31.0 Å². The van der Waals surface area contributed by atoms with Crippen LogP contribution in [-0.4, -0.2) is 29.3 Å². The maximum absolute atomic E-state index is 13.6. The SMILES string of the molecule is CN=C(NCCc1cc(F)ccc1F)NCc1c(C)nn(C)c1C. The average Bonchev–Trinajstić information content (AvgIpc) is 2.79. The fourth-order valence-electron chi connectivity index (χ4n) is 2.52. The minimum Gasteiger partial charge on any atom is -0.356 e. The molecule has 1 aromatic heterocycles. The average molecular weight is 335 g/mol. The molecule has 0 aliphatic heterocycles. The Hall–Kier alpha value is -2.44. The Balaban J connectivity index is 1.88. The molecule has 1 heterocycles. The van der Waals surface area contributed by atoms with Crippen LogP contribution in [0.15, 0.2) is 23.2 Å². The zero-order chi connectivity index (χ0) is 17.7. The monoisotopic (exact) mass is 335 g/mol. The quantitative estimate of drug-likeness (QED) is 0.651. The van der Waals surface area contributed by atoms with Gasteiger partial charge >= 0.3 is 0 Å². The van der Waals surface area contributed by atoms with Crippen molar-refractivity contribution in [2.75, 3.05) is 13.6 Å². The number of rotatable bonds is 5. The highest BCUT2D eigenvalue weighted by Crippen LogP contribution is 2.11. The lowest BCUT2D eigenvalue weighted by Gasteiger charge is -2.12. The molecule has 2 rings (SSSR count). The highest BCUT2D eigenvalue weighted by molar-refractivity contribution is 5.79. The number of nitrogens with zero attached hydrogens (tertiary/aromatic N) is 3. The summed E-state index contributed by atoms with van der Waals surface area (Å²) in [6.07, 6.45) is 0.370. The van der Waals surface area contributed by atoms with Gasteiger partial charge in [0.25, 0.3) is 0 Å². The first kappa shape index (κ1) is 17.9. The standard InChI is InChI=1S/C17H23F2N5/c1-11-15(12(2)24(4)23-11)10-22-17(20-3)21-8-7-13-9-14(18)5-6-16(13)19/h5-6,9H,7-8,10H2,1-4H3,(H2,20,21,22). The number of benzene rings is 1. The Bertz CT molecular complexity index is 737. The predicted molar refractivity (Wildman–Crippen MR) is 90.9 cm³/mol. The molecular formula is C17H23F2N5. The van der Waals surface area contributed by atoms with Gasteiger partial charge in [0.1, 0.15) is 11.6 Å². The van der Waals surface area contributed by atoms with E-state index in [-0.39, 0.29) is 0 Å². The van der Waals surface area contributed by atoms with Crippen LogP contribution in [0.5, 0.6) is 0 Å². The van der Waals surface area contributed by atoms with Crippen molar-refractivity contribution < 1.29 is 8.78 Å². The van der Waals surface area contributed by atoms with Gasteiger partial charge in [-0.15, -0.1) is 0 Å². The number of aliphatic imine (C=N–C) groups is 1. The van der Waals surface area contributed by atoms with Crippen molar-refractivity contribution >= 4 is 5.96 Å². The molecule has 0 aliphatic rings. The number of halogens is 2. The third-order valence-corrected chi connectivity index (χ3v) is 4.01. The van der Waals surface area contributed by atoms with E-state index < -0.39 is 11.6 Å². The van der Waals surface area contributed by atoms with Gasteiger partial charge in [0.15, 0.2) is 5.96 Å². The zero-order valence-corrected chi connectivity index (χ0v) is 14.5. The van der Waals surface area contributed by atoms with Crippen LogP contribution in [0, 0.1) is 25.5 Å². The van der Waals surface area contributed by atoms with Crippen LogP contribution in [0.2, 0.25) is 0 Å². The molecule has 0 amide bonds. The first-order valence-electron chi connectivity index (χ1n) is 7.80. The summed E-state index contributed by atoms with van der Waals surface area (Å²) in [7, 11) is 3.58. The van der Waals surface area contributed by atoms with Crippen molar-refractivity contribution in [1.29, 1.82) is 0 Å². The minimum atomic E-state index is -0.434. The van der Waals surface area contributed by atoms with E-state index in [2.05, 4.69) is 20.7 Å². The lowest BCUT2D eigenvalue weighted by atomic mass is 10.1. The number of nitrogens with one attached hydrogen (secondary N) is 2. The van der Waals surface area contributed by atoms with E-state index >= 15 is 0 Å². The van der Waals surface area contributed by atoms with Crippen LogP contribution in [0.25, 0.3) is 0 Å². The summed E-state index contributed by atoms with van der Waals surface area (Å²) in [6.45, 7) is 5.03. The Morgan fingerprint density at radius 1 is 1.25 bits per heavy atom. The molecule has 7 heteroatoms. The molecule has 5 nitrogen and oxygen atoms in total. The van der Waals surface area contributed by atoms with Gasteiger partial charge in [-0.3, -0.25) is 9.67 Å². The van der Waals surface area contributed by atoms with Crippen molar-refractivity contribution in [3.63, 3.8) is 0 Å². The summed E-state index contributed by atoms with van der Waals surface area (Å²) in [6, 6.07) is 3.48. The predicted octanol–water partition coefficient (Wildman–Crippen LogP) is 2.22. The van der Waals surface area contributed by atoms with Gasteiger partial charge in [0, 0.05) is 38.4 Å². The van der Waals surface area contributed by atoms with Crippen LogP contribution in [0.1, 0.15) is 22.5 Å². The van der Waals surface area contributed by atoms with Gasteiger partial charge in [0.05, 0.1) is 5.69 Å². The zero-order valence-electron chi connectivity index (χ0n) is 14.5. The lowest BCUT2D eigenvalue weighted by molar-refractivity contribution is 0.583. The summed E-state index contributed by atoms with van der Waals surface area (Å²) < 4.78 is 28.6. The maximum Gasteiger partial charge on any atom is 0.191 e. The Labute approximate surface area is 140 Å². The van der Waals surface area contributed by atoms with Gasteiger partial charge in [-0.05, 0) is 44.0 Å². The van der Waals surface area contributed by atoms with E-state index in [0.717, 1.165) is 29.1 Å². The first-order valence-corrected chi connectivity index (χ1v) is 7.80. The molecule has 0 atom stereocenters. The summed E-state index contributed by atoms with van der Waals surface area (Å²) in [5.74, 6) is -0.228. The van der Waals surface area contributed by atoms with Gasteiger partial charge < -0.3 is 10.6 Å². The second-order valence-electron chi connectivity index (χ2n) is 5.61. The summed E-state index contributed by atoms with van der Waals surface area (Å²) in [4.78, 5) is 4.14. The smallest absolute Gasteiger partial charge is 0.191 e. The molecule has 24 heavy (non-hydrogen) atoms. The second kappa shape index (κ2) is 7.90. The molecule has 2 N–H and O–H groups in total. The number of aromatic nitrogens is 2. The van der Waals surface area contributed by atoms with E-state index in [1.54, 1.807) is 7.05 Å². The molecule has 0 bridgehead atoms. The summed E-state index contributed by atoms with van der Waals surface area (Å²) in [5.41, 5.74) is 3.53. The number of hydrogen-bond acceptors (Lipinski definition) is 2. The van der Waals surface area contributed by atoms with Crippen molar-refractivity contribution in [2.45, 2.75) is 26.8 Å². The highest BCUT2D eigenvalue weighted by atomic mass is 19.1. The molecule has 0 saturated carbocycles. The molecule has 0 fully saturated rings. The molecule has 0 radical (unpaired) electrons. The van der Waals surface area contributed by atoms with Gasteiger partial charge in [0.2, 0.25) is 0 Å². The van der Waals surface area contributed by atoms with E-state index in [1.165, 1.54) is 6.07 Å². The fourth-order valence-corrected chi connectivity index (χ4v) is 2.52. The molecule has 0 spiro atoms. The highest BCUT2D eigenvalue weighted by Gasteiger charge is 2.10. The third-order valence-electron chi connectivity index (χ3n) is 4.01. The number of aryl methyl sites for hydroxylation is 2. The maximum atomic E-state index is 13.6. The lowest BCUT2D eigenvalue weighted by Crippen LogP contribution is -2.38. The molecular weight excluding hydrogens is 312 g/mol. The molecule has 130 valence electrons. The van der Waals surface area contributed by atoms with Crippen LogP contribution in [-0.2, 0) is 20.0 Å². The van der Waals surface area contributed by atoms with Crippen LogP contribution in [0.3, 0.4) is 0 Å². The summed E-state index contributed by atoms with van der Waals surface area (Å²) in [5, 5.41) is 10.7. The molecule has 1 aromatic carbocycles.